The minimum atomic E-state index is 0.00953. The zero-order chi connectivity index (χ0) is 17.8. The lowest BCUT2D eigenvalue weighted by Crippen LogP contribution is -2.33. The largest absolute Gasteiger partial charge is 0.453 e. The van der Waals surface area contributed by atoms with Gasteiger partial charge < -0.3 is 9.73 Å². The smallest absolute Gasteiger partial charge is 0.230 e. The highest BCUT2D eigenvalue weighted by Crippen LogP contribution is 2.29. The van der Waals surface area contributed by atoms with Crippen molar-refractivity contribution >= 4 is 28.6 Å². The Balaban J connectivity index is 1.78. The first-order valence-electron chi connectivity index (χ1n) is 8.46. The first kappa shape index (κ1) is 17.5. The van der Waals surface area contributed by atoms with Crippen LogP contribution in [0.5, 0.6) is 0 Å². The fourth-order valence-corrected chi connectivity index (χ4v) is 3.32. The maximum Gasteiger partial charge on any atom is 0.230 e. The normalized spacial score (nSPS) is 12.4. The summed E-state index contributed by atoms with van der Waals surface area (Å²) in [6.45, 7) is 6.77. The molecule has 0 saturated carbocycles. The summed E-state index contributed by atoms with van der Waals surface area (Å²) in [5.74, 6) is 1.70. The molecule has 0 aliphatic heterocycles. The maximum absolute atomic E-state index is 12.0. The van der Waals surface area contributed by atoms with Gasteiger partial charge in [-0.1, -0.05) is 36.9 Å². The third-order valence-electron chi connectivity index (χ3n) is 4.03. The average molecular weight is 358 g/mol. The zero-order valence-electron chi connectivity index (χ0n) is 14.7. The van der Waals surface area contributed by atoms with Gasteiger partial charge in [0.05, 0.1) is 5.75 Å². The molecule has 1 N–H and O–H groups in total. The van der Waals surface area contributed by atoms with Gasteiger partial charge in [-0.15, -0.1) is 10.2 Å². The molecular weight excluding hydrogens is 336 g/mol. The molecule has 0 aliphatic rings. The molecule has 0 spiro atoms. The molecule has 0 saturated heterocycles. The molecule has 6 nitrogen and oxygen atoms in total. The van der Waals surface area contributed by atoms with E-state index >= 15 is 0 Å². The first-order valence-corrected chi connectivity index (χ1v) is 9.45. The standard InChI is InChI=1S/C18H22N4O2S/c1-4-12(3)19-16(23)11-25-18-21-20-17(22(18)5-2)15-10-13-8-6-7-9-14(13)24-15/h6-10,12H,4-5,11H2,1-3H3,(H,19,23)/t12-/m0/s1. The van der Waals surface area contributed by atoms with E-state index in [4.69, 9.17) is 4.42 Å². The zero-order valence-corrected chi connectivity index (χ0v) is 15.5. The fraction of sp³-hybridized carbons (Fsp3) is 0.389. The van der Waals surface area contributed by atoms with E-state index in [9.17, 15) is 4.79 Å². The van der Waals surface area contributed by atoms with Gasteiger partial charge in [-0.3, -0.25) is 9.36 Å². The van der Waals surface area contributed by atoms with Gasteiger partial charge in [0.2, 0.25) is 11.7 Å². The highest BCUT2D eigenvalue weighted by atomic mass is 32.2. The SMILES string of the molecule is CC[C@H](C)NC(=O)CSc1nnc(-c2cc3ccccc3o2)n1CC. The Morgan fingerprint density at radius 1 is 1.32 bits per heavy atom. The summed E-state index contributed by atoms with van der Waals surface area (Å²) in [7, 11) is 0. The third kappa shape index (κ3) is 3.87. The number of amides is 1. The van der Waals surface area contributed by atoms with Crippen molar-refractivity contribution < 1.29 is 9.21 Å². The lowest BCUT2D eigenvalue weighted by Gasteiger charge is -2.11. The molecule has 132 valence electrons. The molecule has 0 aliphatic carbocycles. The molecule has 0 fully saturated rings. The van der Waals surface area contributed by atoms with E-state index < -0.39 is 0 Å². The van der Waals surface area contributed by atoms with Gasteiger partial charge in [-0.05, 0) is 32.4 Å². The molecule has 3 rings (SSSR count). The van der Waals surface area contributed by atoms with E-state index in [0.29, 0.717) is 23.9 Å². The summed E-state index contributed by atoms with van der Waals surface area (Å²) in [6.07, 6.45) is 0.914. The Hall–Kier alpha value is -2.28. The van der Waals surface area contributed by atoms with Crippen LogP contribution in [0.15, 0.2) is 39.9 Å². The second kappa shape index (κ2) is 7.74. The first-order chi connectivity index (χ1) is 12.1. The number of carbonyl (C=O) groups excluding carboxylic acids is 1. The molecule has 0 radical (unpaired) electrons. The van der Waals surface area contributed by atoms with Crippen molar-refractivity contribution in [2.45, 2.75) is 44.9 Å². The van der Waals surface area contributed by atoms with Crippen molar-refractivity contribution in [3.8, 4) is 11.6 Å². The lowest BCUT2D eigenvalue weighted by atomic mass is 10.2. The molecule has 7 heteroatoms. The van der Waals surface area contributed by atoms with E-state index in [1.807, 2.05) is 55.7 Å². The number of hydrogen-bond acceptors (Lipinski definition) is 5. The van der Waals surface area contributed by atoms with Crippen LogP contribution >= 0.6 is 11.8 Å². The topological polar surface area (TPSA) is 73.0 Å². The number of furan rings is 1. The number of fused-ring (bicyclic) bond motifs is 1. The van der Waals surface area contributed by atoms with Gasteiger partial charge in [0.25, 0.3) is 0 Å². The Labute approximate surface area is 151 Å². The molecule has 3 aromatic rings. The molecule has 25 heavy (non-hydrogen) atoms. The maximum atomic E-state index is 12.0. The van der Waals surface area contributed by atoms with E-state index in [0.717, 1.165) is 22.5 Å². The van der Waals surface area contributed by atoms with Crippen molar-refractivity contribution in [2.75, 3.05) is 5.75 Å². The van der Waals surface area contributed by atoms with E-state index in [1.54, 1.807) is 0 Å². The molecule has 1 amide bonds. The lowest BCUT2D eigenvalue weighted by molar-refractivity contribution is -0.119. The highest BCUT2D eigenvalue weighted by molar-refractivity contribution is 7.99. The Bertz CT molecular complexity index is 838. The number of para-hydroxylation sites is 1. The van der Waals surface area contributed by atoms with Crippen LogP contribution < -0.4 is 5.32 Å². The number of carbonyl (C=O) groups is 1. The number of aromatic nitrogens is 3. The van der Waals surface area contributed by atoms with E-state index in [2.05, 4.69) is 15.5 Å². The summed E-state index contributed by atoms with van der Waals surface area (Å²) in [6, 6.07) is 10.0. The summed E-state index contributed by atoms with van der Waals surface area (Å²) < 4.78 is 7.86. The number of benzene rings is 1. The van der Waals surface area contributed by atoms with Crippen LogP contribution in [-0.4, -0.2) is 32.5 Å². The van der Waals surface area contributed by atoms with Crippen molar-refractivity contribution in [1.29, 1.82) is 0 Å². The monoisotopic (exact) mass is 358 g/mol. The van der Waals surface area contributed by atoms with Crippen molar-refractivity contribution in [3.63, 3.8) is 0 Å². The molecule has 2 aromatic heterocycles. The number of nitrogens with zero attached hydrogens (tertiary/aromatic N) is 3. The van der Waals surface area contributed by atoms with Crippen LogP contribution in [0.1, 0.15) is 27.2 Å². The van der Waals surface area contributed by atoms with Gasteiger partial charge in [-0.25, -0.2) is 0 Å². The minimum Gasteiger partial charge on any atom is -0.453 e. The number of hydrogen-bond donors (Lipinski definition) is 1. The Morgan fingerprint density at radius 2 is 2.12 bits per heavy atom. The van der Waals surface area contributed by atoms with E-state index in [1.165, 1.54) is 11.8 Å². The van der Waals surface area contributed by atoms with Gasteiger partial charge in [-0.2, -0.15) is 0 Å². The molecule has 0 bridgehead atoms. The van der Waals surface area contributed by atoms with Gasteiger partial charge in [0.15, 0.2) is 10.9 Å². The minimum absolute atomic E-state index is 0.00953. The highest BCUT2D eigenvalue weighted by Gasteiger charge is 2.18. The molecule has 0 unspecified atom stereocenters. The van der Waals surface area contributed by atoms with Crippen molar-refractivity contribution in [2.24, 2.45) is 0 Å². The van der Waals surface area contributed by atoms with Gasteiger partial charge in [0.1, 0.15) is 5.58 Å². The molecule has 1 aromatic carbocycles. The Kier molecular flexibility index (Phi) is 5.43. The molecular formula is C18H22N4O2S. The van der Waals surface area contributed by atoms with Crippen molar-refractivity contribution in [3.05, 3.63) is 30.3 Å². The molecule has 1 atom stereocenters. The van der Waals surface area contributed by atoms with E-state index in [-0.39, 0.29) is 11.9 Å². The quantitative estimate of drug-likeness (QED) is 0.652. The van der Waals surface area contributed by atoms with Gasteiger partial charge >= 0.3 is 0 Å². The van der Waals surface area contributed by atoms with Crippen LogP contribution in [-0.2, 0) is 11.3 Å². The average Bonchev–Trinajstić information content (AvgIpc) is 3.22. The van der Waals surface area contributed by atoms with Crippen LogP contribution in [0, 0.1) is 0 Å². The molecule has 2 heterocycles. The second-order valence-electron chi connectivity index (χ2n) is 5.86. The predicted molar refractivity (Wildman–Crippen MR) is 99.5 cm³/mol. The number of nitrogens with one attached hydrogen (secondary N) is 1. The van der Waals surface area contributed by atoms with Crippen LogP contribution in [0.3, 0.4) is 0 Å². The van der Waals surface area contributed by atoms with Crippen LogP contribution in [0.4, 0.5) is 0 Å². The van der Waals surface area contributed by atoms with Crippen LogP contribution in [0.25, 0.3) is 22.6 Å². The summed E-state index contributed by atoms with van der Waals surface area (Å²) in [5.41, 5.74) is 0.824. The fourth-order valence-electron chi connectivity index (χ4n) is 2.50. The second-order valence-corrected chi connectivity index (χ2v) is 6.81. The predicted octanol–water partition coefficient (Wildman–Crippen LogP) is 3.72. The Morgan fingerprint density at radius 3 is 2.84 bits per heavy atom. The number of rotatable bonds is 7. The summed E-state index contributed by atoms with van der Waals surface area (Å²) in [5, 5.41) is 13.2. The summed E-state index contributed by atoms with van der Waals surface area (Å²) in [4.78, 5) is 12.0. The third-order valence-corrected chi connectivity index (χ3v) is 5.00. The number of thioether (sulfide) groups is 1. The van der Waals surface area contributed by atoms with Gasteiger partial charge in [0, 0.05) is 18.0 Å². The van der Waals surface area contributed by atoms with Crippen LogP contribution in [0.2, 0.25) is 0 Å². The van der Waals surface area contributed by atoms with Crippen molar-refractivity contribution in [1.82, 2.24) is 20.1 Å². The summed E-state index contributed by atoms with van der Waals surface area (Å²) >= 11 is 1.39.